The van der Waals surface area contributed by atoms with E-state index in [4.69, 9.17) is 0 Å². The monoisotopic (exact) mass is 460 g/mol. The summed E-state index contributed by atoms with van der Waals surface area (Å²) in [7, 11) is 1.63. The zero-order valence-corrected chi connectivity index (χ0v) is 20.7. The number of likely N-dealkylation sites (N-methyl/N-ethyl adjacent to an activating group) is 1. The van der Waals surface area contributed by atoms with Crippen molar-refractivity contribution in [1.29, 1.82) is 0 Å². The molecule has 1 unspecified atom stereocenters. The lowest BCUT2D eigenvalue weighted by molar-refractivity contribution is -0.132. The van der Waals surface area contributed by atoms with Gasteiger partial charge in [0.15, 0.2) is 5.69 Å². The summed E-state index contributed by atoms with van der Waals surface area (Å²) in [6.45, 7) is 10.5. The van der Waals surface area contributed by atoms with Crippen LogP contribution in [-0.4, -0.2) is 82.6 Å². The normalized spacial score (nSPS) is 21.6. The van der Waals surface area contributed by atoms with Gasteiger partial charge in [0.2, 0.25) is 5.91 Å². The fourth-order valence-electron chi connectivity index (χ4n) is 4.46. The Bertz CT molecular complexity index is 843. The highest BCUT2D eigenvalue weighted by Crippen LogP contribution is 2.26. The van der Waals surface area contributed by atoms with Gasteiger partial charge in [-0.1, -0.05) is 26.7 Å². The number of nitrogens with one attached hydrogen (secondary N) is 2. The summed E-state index contributed by atoms with van der Waals surface area (Å²) in [5.74, 6) is -0.326. The predicted octanol–water partition coefficient (Wildman–Crippen LogP) is 1.89. The lowest BCUT2D eigenvalue weighted by Crippen LogP contribution is -2.62. The van der Waals surface area contributed by atoms with E-state index in [1.807, 2.05) is 0 Å². The average Bonchev–Trinajstić information content (AvgIpc) is 3.02. The van der Waals surface area contributed by atoms with Gasteiger partial charge in [-0.3, -0.25) is 19.1 Å². The largest absolute Gasteiger partial charge is 0.354 e. The van der Waals surface area contributed by atoms with Crippen LogP contribution in [0.4, 0.5) is 0 Å². The Morgan fingerprint density at radius 1 is 1.12 bits per heavy atom. The highest BCUT2D eigenvalue weighted by molar-refractivity contribution is 6.01. The van der Waals surface area contributed by atoms with Crippen molar-refractivity contribution >= 4 is 17.7 Å². The first-order valence-electron chi connectivity index (χ1n) is 12.4. The molecular weight excluding hydrogens is 420 g/mol. The number of likely N-dealkylation sites (tertiary alicyclic amines) is 1. The van der Waals surface area contributed by atoms with E-state index in [1.54, 1.807) is 14.0 Å². The molecule has 2 N–H and O–H groups in total. The van der Waals surface area contributed by atoms with Crippen LogP contribution in [0.25, 0.3) is 0 Å². The topological polar surface area (TPSA) is 99.6 Å². The van der Waals surface area contributed by atoms with Crippen LogP contribution in [-0.2, 0) is 11.3 Å². The SMILES string of the molecule is CC(C)CCNC(=O)C1(C)Cn2nc(C(=O)NCCCN3CCCCCC3)cc2C(=O)N1C. The summed E-state index contributed by atoms with van der Waals surface area (Å²) in [5.41, 5.74) is -0.515. The summed E-state index contributed by atoms with van der Waals surface area (Å²) in [6, 6.07) is 1.53. The number of carbonyl (C=O) groups excluding carboxylic acids is 3. The molecule has 184 valence electrons. The van der Waals surface area contributed by atoms with Crippen LogP contribution >= 0.6 is 0 Å². The first-order chi connectivity index (χ1) is 15.7. The zero-order chi connectivity index (χ0) is 24.0. The molecule has 2 aliphatic rings. The molecule has 9 heteroatoms. The van der Waals surface area contributed by atoms with Crippen molar-refractivity contribution in [3.63, 3.8) is 0 Å². The number of hydrogen-bond donors (Lipinski definition) is 2. The third kappa shape index (κ3) is 6.13. The highest BCUT2D eigenvalue weighted by Gasteiger charge is 2.46. The molecular formula is C24H40N6O3. The highest BCUT2D eigenvalue weighted by atomic mass is 16.2. The van der Waals surface area contributed by atoms with E-state index >= 15 is 0 Å². The maximum absolute atomic E-state index is 13.0. The number of carbonyl (C=O) groups is 3. The average molecular weight is 461 g/mol. The van der Waals surface area contributed by atoms with Crippen LogP contribution in [0.15, 0.2) is 6.07 Å². The number of hydrogen-bond acceptors (Lipinski definition) is 5. The van der Waals surface area contributed by atoms with Crippen LogP contribution < -0.4 is 10.6 Å². The van der Waals surface area contributed by atoms with Gasteiger partial charge in [0, 0.05) is 26.2 Å². The van der Waals surface area contributed by atoms with Crippen LogP contribution in [0.1, 0.15) is 80.3 Å². The molecule has 1 aromatic rings. The lowest BCUT2D eigenvalue weighted by Gasteiger charge is -2.40. The minimum absolute atomic E-state index is 0.209. The quantitative estimate of drug-likeness (QED) is 0.548. The second kappa shape index (κ2) is 11.1. The van der Waals surface area contributed by atoms with Crippen molar-refractivity contribution in [3.05, 3.63) is 17.5 Å². The Labute approximate surface area is 197 Å². The fourth-order valence-corrected chi connectivity index (χ4v) is 4.46. The summed E-state index contributed by atoms with van der Waals surface area (Å²) >= 11 is 0. The number of fused-ring (bicyclic) bond motifs is 1. The number of nitrogens with zero attached hydrogens (tertiary/aromatic N) is 4. The predicted molar refractivity (Wildman–Crippen MR) is 127 cm³/mol. The molecule has 9 nitrogen and oxygen atoms in total. The van der Waals surface area contributed by atoms with Crippen molar-refractivity contribution in [2.45, 2.75) is 71.4 Å². The molecule has 33 heavy (non-hydrogen) atoms. The molecule has 0 aliphatic carbocycles. The summed E-state index contributed by atoms with van der Waals surface area (Å²) in [4.78, 5) is 42.4. The Kier molecular flexibility index (Phi) is 8.51. The van der Waals surface area contributed by atoms with Gasteiger partial charge in [-0.2, -0.15) is 5.10 Å². The van der Waals surface area contributed by atoms with E-state index in [0.29, 0.717) is 24.7 Å². The molecule has 0 spiro atoms. The van der Waals surface area contributed by atoms with Crippen molar-refractivity contribution < 1.29 is 14.4 Å². The Morgan fingerprint density at radius 2 is 1.82 bits per heavy atom. The molecule has 1 aromatic heterocycles. The van der Waals surface area contributed by atoms with E-state index in [2.05, 4.69) is 34.5 Å². The summed E-state index contributed by atoms with van der Waals surface area (Å²) in [6.07, 6.45) is 6.88. The maximum atomic E-state index is 13.0. The molecule has 0 radical (unpaired) electrons. The number of rotatable bonds is 9. The van der Waals surface area contributed by atoms with Crippen molar-refractivity contribution in [2.24, 2.45) is 5.92 Å². The maximum Gasteiger partial charge on any atom is 0.272 e. The molecule has 1 atom stereocenters. The third-order valence-corrected chi connectivity index (χ3v) is 6.87. The molecule has 1 fully saturated rings. The standard InChI is InChI=1S/C24H40N6O3/c1-18(2)10-12-26-23(33)24(3)17-30-20(22(32)28(24)4)16-19(27-30)21(31)25-11-9-15-29-13-7-5-6-8-14-29/h16,18H,5-15,17H2,1-4H3,(H,25,31)(H,26,33). The smallest absolute Gasteiger partial charge is 0.272 e. The van der Waals surface area contributed by atoms with Crippen molar-refractivity contribution in [3.8, 4) is 0 Å². The molecule has 1 saturated heterocycles. The summed E-state index contributed by atoms with van der Waals surface area (Å²) < 4.78 is 1.50. The van der Waals surface area contributed by atoms with Gasteiger partial charge < -0.3 is 20.4 Å². The van der Waals surface area contributed by atoms with Crippen molar-refractivity contribution in [2.75, 3.05) is 39.8 Å². The van der Waals surface area contributed by atoms with Gasteiger partial charge in [-0.15, -0.1) is 0 Å². The van der Waals surface area contributed by atoms with Gasteiger partial charge in [0.1, 0.15) is 11.2 Å². The number of aromatic nitrogens is 2. The molecule has 3 rings (SSSR count). The van der Waals surface area contributed by atoms with E-state index in [9.17, 15) is 14.4 Å². The Hall–Kier alpha value is -2.42. The lowest BCUT2D eigenvalue weighted by atomic mass is 9.95. The first kappa shape index (κ1) is 25.2. The Morgan fingerprint density at radius 3 is 2.48 bits per heavy atom. The second-order valence-corrected chi connectivity index (χ2v) is 10.0. The number of amides is 3. The van der Waals surface area contributed by atoms with Crippen LogP contribution in [0, 0.1) is 5.92 Å². The minimum atomic E-state index is -1.06. The van der Waals surface area contributed by atoms with Crippen LogP contribution in [0.2, 0.25) is 0 Å². The Balaban J connectivity index is 1.57. The van der Waals surface area contributed by atoms with E-state index in [0.717, 1.165) is 32.5 Å². The van der Waals surface area contributed by atoms with E-state index in [1.165, 1.54) is 41.3 Å². The molecule has 0 saturated carbocycles. The minimum Gasteiger partial charge on any atom is -0.354 e. The van der Waals surface area contributed by atoms with Gasteiger partial charge in [-0.05, 0) is 58.2 Å². The summed E-state index contributed by atoms with van der Waals surface area (Å²) in [5, 5.41) is 10.2. The molecule has 0 aromatic carbocycles. The van der Waals surface area contributed by atoms with E-state index < -0.39 is 5.54 Å². The second-order valence-electron chi connectivity index (χ2n) is 10.0. The first-order valence-corrected chi connectivity index (χ1v) is 12.4. The van der Waals surface area contributed by atoms with Crippen LogP contribution in [0.5, 0.6) is 0 Å². The third-order valence-electron chi connectivity index (χ3n) is 6.87. The van der Waals surface area contributed by atoms with Gasteiger partial charge >= 0.3 is 0 Å². The van der Waals surface area contributed by atoms with Crippen molar-refractivity contribution in [1.82, 2.24) is 30.2 Å². The molecule has 3 amide bonds. The fraction of sp³-hybridized carbons (Fsp3) is 0.750. The zero-order valence-electron chi connectivity index (χ0n) is 20.7. The van der Waals surface area contributed by atoms with Crippen LogP contribution in [0.3, 0.4) is 0 Å². The molecule has 3 heterocycles. The van der Waals surface area contributed by atoms with Gasteiger partial charge in [-0.25, -0.2) is 0 Å². The molecule has 2 aliphatic heterocycles. The van der Waals surface area contributed by atoms with E-state index in [-0.39, 0.29) is 30.0 Å². The van der Waals surface area contributed by atoms with Gasteiger partial charge in [0.25, 0.3) is 11.8 Å². The van der Waals surface area contributed by atoms with Gasteiger partial charge in [0.05, 0.1) is 6.54 Å². The molecule has 0 bridgehead atoms.